The predicted octanol–water partition coefficient (Wildman–Crippen LogP) is 2.10. The van der Waals surface area contributed by atoms with Crippen LogP contribution in [0.2, 0.25) is 0 Å². The van der Waals surface area contributed by atoms with Gasteiger partial charge in [0.2, 0.25) is 5.13 Å². The number of nitrogens with two attached hydrogens (primary N) is 1. The van der Waals surface area contributed by atoms with Gasteiger partial charge in [0.15, 0.2) is 0 Å². The highest BCUT2D eigenvalue weighted by Crippen LogP contribution is 2.40. The van der Waals surface area contributed by atoms with Crippen molar-refractivity contribution in [3.63, 3.8) is 0 Å². The third-order valence-electron chi connectivity index (χ3n) is 3.22. The molecule has 7 heteroatoms. The highest BCUT2D eigenvalue weighted by atomic mass is 32.1. The lowest BCUT2D eigenvalue weighted by Gasteiger charge is -2.06. The Morgan fingerprint density at radius 2 is 2.24 bits per heavy atom. The first kappa shape index (κ1) is 11.0. The second-order valence-corrected chi connectivity index (χ2v) is 6.35. The Labute approximate surface area is 107 Å². The van der Waals surface area contributed by atoms with Gasteiger partial charge in [0.1, 0.15) is 15.5 Å². The first-order valence-electron chi connectivity index (χ1n) is 5.65. The van der Waals surface area contributed by atoms with Gasteiger partial charge in [-0.15, -0.1) is 31.7 Å². The van der Waals surface area contributed by atoms with E-state index in [2.05, 4.69) is 20.4 Å². The third-order valence-corrected chi connectivity index (χ3v) is 4.85. The zero-order chi connectivity index (χ0) is 11.7. The van der Waals surface area contributed by atoms with Gasteiger partial charge >= 0.3 is 0 Å². The first-order chi connectivity index (χ1) is 8.31. The Hall–Kier alpha value is -1.08. The average molecular weight is 267 g/mol. The van der Waals surface area contributed by atoms with E-state index >= 15 is 0 Å². The number of hydrogen-bond acceptors (Lipinski definition) is 7. The molecule has 2 N–H and O–H groups in total. The van der Waals surface area contributed by atoms with Crippen LogP contribution in [0.25, 0.3) is 0 Å². The Balaban J connectivity index is 1.62. The molecule has 0 aromatic carbocycles. The number of rotatable bonds is 3. The van der Waals surface area contributed by atoms with Gasteiger partial charge in [-0.3, -0.25) is 0 Å². The van der Waals surface area contributed by atoms with E-state index in [0.29, 0.717) is 17.0 Å². The third kappa shape index (κ3) is 2.44. The summed E-state index contributed by atoms with van der Waals surface area (Å²) in [4.78, 5) is 0. The predicted molar refractivity (Wildman–Crippen MR) is 68.0 cm³/mol. The van der Waals surface area contributed by atoms with Gasteiger partial charge in [0.05, 0.1) is 0 Å². The Kier molecular flexibility index (Phi) is 3.02. The summed E-state index contributed by atoms with van der Waals surface area (Å²) in [7, 11) is 0. The van der Waals surface area contributed by atoms with Crippen LogP contribution in [0, 0.1) is 5.92 Å². The van der Waals surface area contributed by atoms with Crippen LogP contribution in [-0.4, -0.2) is 20.4 Å². The normalized spacial score (nSPS) is 24.2. The lowest BCUT2D eigenvalue weighted by molar-refractivity contribution is 0.531. The van der Waals surface area contributed by atoms with Gasteiger partial charge in [-0.25, -0.2) is 0 Å². The standard InChI is InChI=1S/C10H13N5S2/c11-10-15-14-9(17-10)7-2-1-6(3-7)4-8-13-12-5-16-8/h5-7H,1-4H2,(H2,11,15)/t6-,7+/m0/s1. The number of anilines is 1. The maximum Gasteiger partial charge on any atom is 0.203 e. The molecule has 1 aliphatic carbocycles. The van der Waals surface area contributed by atoms with Gasteiger partial charge in [-0.05, 0) is 25.2 Å². The van der Waals surface area contributed by atoms with E-state index in [1.807, 2.05) is 0 Å². The van der Waals surface area contributed by atoms with Crippen LogP contribution < -0.4 is 5.73 Å². The maximum absolute atomic E-state index is 5.62. The highest BCUT2D eigenvalue weighted by molar-refractivity contribution is 7.15. The van der Waals surface area contributed by atoms with Crippen molar-refractivity contribution < 1.29 is 0 Å². The minimum absolute atomic E-state index is 0.544. The van der Waals surface area contributed by atoms with Crippen LogP contribution in [0.4, 0.5) is 5.13 Å². The van der Waals surface area contributed by atoms with E-state index in [1.54, 1.807) is 16.8 Å². The maximum atomic E-state index is 5.62. The Morgan fingerprint density at radius 1 is 1.29 bits per heavy atom. The second kappa shape index (κ2) is 4.66. The van der Waals surface area contributed by atoms with Gasteiger partial charge in [-0.2, -0.15) is 0 Å². The van der Waals surface area contributed by atoms with Crippen LogP contribution in [0.5, 0.6) is 0 Å². The summed E-state index contributed by atoms with van der Waals surface area (Å²) < 4.78 is 0. The fraction of sp³-hybridized carbons (Fsp3) is 0.600. The molecule has 1 saturated carbocycles. The molecule has 0 spiro atoms. The summed E-state index contributed by atoms with van der Waals surface area (Å²) in [6.45, 7) is 0. The number of nitrogen functional groups attached to an aromatic ring is 1. The second-order valence-electron chi connectivity index (χ2n) is 4.39. The monoisotopic (exact) mass is 267 g/mol. The molecule has 1 fully saturated rings. The summed E-state index contributed by atoms with van der Waals surface area (Å²) in [6.07, 6.45) is 4.66. The molecule has 0 saturated heterocycles. The molecule has 3 rings (SSSR count). The molecule has 1 aliphatic rings. The zero-order valence-corrected chi connectivity index (χ0v) is 10.9. The van der Waals surface area contributed by atoms with Gasteiger partial charge in [0.25, 0.3) is 0 Å². The molecule has 0 amide bonds. The lowest BCUT2D eigenvalue weighted by Crippen LogP contribution is -2.00. The van der Waals surface area contributed by atoms with E-state index in [1.165, 1.54) is 30.6 Å². The van der Waals surface area contributed by atoms with Crippen molar-refractivity contribution in [2.24, 2.45) is 5.92 Å². The van der Waals surface area contributed by atoms with Crippen molar-refractivity contribution >= 4 is 27.8 Å². The fourth-order valence-electron chi connectivity index (χ4n) is 2.43. The molecule has 2 heterocycles. The van der Waals surface area contributed by atoms with Crippen LogP contribution in [0.3, 0.4) is 0 Å². The fourth-order valence-corrected chi connectivity index (χ4v) is 3.83. The van der Waals surface area contributed by atoms with Gasteiger partial charge in [-0.1, -0.05) is 11.3 Å². The SMILES string of the molecule is Nc1nnc([C@@H]2CC[C@H](Cc3nncs3)C2)s1. The molecule has 0 aliphatic heterocycles. The average Bonchev–Trinajstić information content (AvgIpc) is 2.99. The van der Waals surface area contributed by atoms with Crippen molar-refractivity contribution in [2.75, 3.05) is 5.73 Å². The molecule has 0 unspecified atom stereocenters. The molecule has 5 nitrogen and oxygen atoms in total. The van der Waals surface area contributed by atoms with E-state index in [0.717, 1.165) is 16.4 Å². The lowest BCUT2D eigenvalue weighted by atomic mass is 10.0. The summed E-state index contributed by atoms with van der Waals surface area (Å²) in [5.74, 6) is 1.25. The summed E-state index contributed by atoms with van der Waals surface area (Å²) in [6, 6.07) is 0. The van der Waals surface area contributed by atoms with E-state index in [9.17, 15) is 0 Å². The van der Waals surface area contributed by atoms with Gasteiger partial charge < -0.3 is 5.73 Å². The van der Waals surface area contributed by atoms with Crippen molar-refractivity contribution in [3.8, 4) is 0 Å². The van der Waals surface area contributed by atoms with Crippen molar-refractivity contribution in [1.82, 2.24) is 20.4 Å². The molecule has 2 aromatic rings. The summed E-state index contributed by atoms with van der Waals surface area (Å²) >= 11 is 3.17. The minimum Gasteiger partial charge on any atom is -0.374 e. The zero-order valence-electron chi connectivity index (χ0n) is 9.24. The first-order valence-corrected chi connectivity index (χ1v) is 7.35. The smallest absolute Gasteiger partial charge is 0.203 e. The highest BCUT2D eigenvalue weighted by Gasteiger charge is 2.28. The molecule has 0 radical (unpaired) electrons. The van der Waals surface area contributed by atoms with Crippen LogP contribution in [0.1, 0.15) is 35.2 Å². The molecule has 90 valence electrons. The number of aromatic nitrogens is 4. The Bertz CT molecular complexity index is 481. The van der Waals surface area contributed by atoms with E-state index in [-0.39, 0.29) is 0 Å². The molecular weight excluding hydrogens is 254 g/mol. The van der Waals surface area contributed by atoms with Crippen molar-refractivity contribution in [1.29, 1.82) is 0 Å². The van der Waals surface area contributed by atoms with Crippen LogP contribution in [0.15, 0.2) is 5.51 Å². The van der Waals surface area contributed by atoms with E-state index < -0.39 is 0 Å². The molecule has 17 heavy (non-hydrogen) atoms. The summed E-state index contributed by atoms with van der Waals surface area (Å²) in [5.41, 5.74) is 7.42. The number of hydrogen-bond donors (Lipinski definition) is 1. The molecule has 0 bridgehead atoms. The van der Waals surface area contributed by atoms with Crippen molar-refractivity contribution in [3.05, 3.63) is 15.5 Å². The Morgan fingerprint density at radius 3 is 2.94 bits per heavy atom. The molecular formula is C10H13N5S2. The summed E-state index contributed by atoms with van der Waals surface area (Å²) in [5, 5.41) is 18.8. The van der Waals surface area contributed by atoms with Crippen LogP contribution in [-0.2, 0) is 6.42 Å². The van der Waals surface area contributed by atoms with Crippen LogP contribution >= 0.6 is 22.7 Å². The minimum atomic E-state index is 0.544. The topological polar surface area (TPSA) is 77.6 Å². The largest absolute Gasteiger partial charge is 0.374 e. The van der Waals surface area contributed by atoms with Crippen molar-refractivity contribution in [2.45, 2.75) is 31.6 Å². The van der Waals surface area contributed by atoms with Gasteiger partial charge in [0, 0.05) is 12.3 Å². The molecule has 2 atom stereocenters. The quantitative estimate of drug-likeness (QED) is 0.921. The van der Waals surface area contributed by atoms with E-state index in [4.69, 9.17) is 5.73 Å². The molecule has 2 aromatic heterocycles. The number of nitrogens with zero attached hydrogens (tertiary/aromatic N) is 4.